The second-order valence-electron chi connectivity index (χ2n) is 4.96. The van der Waals surface area contributed by atoms with Crippen LogP contribution in [0.1, 0.15) is 33.2 Å². The number of aromatic nitrogens is 1. The maximum absolute atomic E-state index is 12.4. The Labute approximate surface area is 145 Å². The lowest BCUT2D eigenvalue weighted by Crippen LogP contribution is -2.20. The molecule has 0 aliphatic carbocycles. The predicted octanol–water partition coefficient (Wildman–Crippen LogP) is 3.05. The second-order valence-corrected chi connectivity index (χ2v) is 5.36. The molecule has 6 nitrogen and oxygen atoms in total. The third-order valence-corrected chi connectivity index (χ3v) is 3.68. The number of pyridine rings is 1. The molecule has 126 valence electrons. The molecule has 7 heteroatoms. The first kappa shape index (κ1) is 17.7. The SMILES string of the molecule is CCOc1ncc(C(=O)Nc2cccc(C(=O)NC)c2C)cc1Cl. The van der Waals surface area contributed by atoms with E-state index < -0.39 is 0 Å². The number of carbonyl (C=O) groups is 2. The Morgan fingerprint density at radius 2 is 2.04 bits per heavy atom. The fourth-order valence-corrected chi connectivity index (χ4v) is 2.36. The van der Waals surface area contributed by atoms with E-state index in [2.05, 4.69) is 15.6 Å². The molecule has 0 saturated carbocycles. The molecule has 24 heavy (non-hydrogen) atoms. The molecule has 0 saturated heterocycles. The molecule has 1 aromatic heterocycles. The van der Waals surface area contributed by atoms with Crippen LogP contribution in [0.25, 0.3) is 0 Å². The summed E-state index contributed by atoms with van der Waals surface area (Å²) < 4.78 is 5.24. The Hall–Kier alpha value is -2.60. The number of nitrogens with zero attached hydrogens (tertiary/aromatic N) is 1. The van der Waals surface area contributed by atoms with Crippen molar-refractivity contribution in [2.24, 2.45) is 0 Å². The molecule has 2 amide bonds. The van der Waals surface area contributed by atoms with E-state index in [9.17, 15) is 9.59 Å². The molecule has 0 atom stereocenters. The number of halogens is 1. The van der Waals surface area contributed by atoms with Crippen LogP contribution in [0.3, 0.4) is 0 Å². The summed E-state index contributed by atoms with van der Waals surface area (Å²) in [5, 5.41) is 5.60. The van der Waals surface area contributed by atoms with Gasteiger partial charge in [0.2, 0.25) is 5.88 Å². The summed E-state index contributed by atoms with van der Waals surface area (Å²) in [6, 6.07) is 6.62. The van der Waals surface area contributed by atoms with Crippen molar-refractivity contribution in [3.63, 3.8) is 0 Å². The van der Waals surface area contributed by atoms with Gasteiger partial charge in [-0.25, -0.2) is 4.98 Å². The molecule has 0 aliphatic rings. The van der Waals surface area contributed by atoms with E-state index in [1.165, 1.54) is 12.3 Å². The van der Waals surface area contributed by atoms with Gasteiger partial charge in [-0.15, -0.1) is 0 Å². The smallest absolute Gasteiger partial charge is 0.257 e. The molecule has 2 N–H and O–H groups in total. The molecular formula is C17H18ClN3O3. The number of benzene rings is 1. The molecule has 0 aliphatic heterocycles. The van der Waals surface area contributed by atoms with Crippen molar-refractivity contribution >= 4 is 29.1 Å². The van der Waals surface area contributed by atoms with Crippen LogP contribution in [0, 0.1) is 6.92 Å². The highest BCUT2D eigenvalue weighted by atomic mass is 35.5. The predicted molar refractivity (Wildman–Crippen MR) is 92.9 cm³/mol. The number of hydrogen-bond donors (Lipinski definition) is 2. The summed E-state index contributed by atoms with van der Waals surface area (Å²) in [6.07, 6.45) is 1.39. The Morgan fingerprint density at radius 1 is 1.29 bits per heavy atom. The van der Waals surface area contributed by atoms with Crippen molar-refractivity contribution in [1.29, 1.82) is 0 Å². The zero-order valence-electron chi connectivity index (χ0n) is 13.6. The fourth-order valence-electron chi connectivity index (χ4n) is 2.14. The number of nitrogens with one attached hydrogen (secondary N) is 2. The van der Waals surface area contributed by atoms with Gasteiger partial charge in [-0.3, -0.25) is 9.59 Å². The summed E-state index contributed by atoms with van der Waals surface area (Å²) in [6.45, 7) is 4.02. The van der Waals surface area contributed by atoms with E-state index >= 15 is 0 Å². The average molecular weight is 348 g/mol. The van der Waals surface area contributed by atoms with Gasteiger partial charge in [0, 0.05) is 24.5 Å². The molecule has 0 bridgehead atoms. The van der Waals surface area contributed by atoms with Crippen molar-refractivity contribution in [3.8, 4) is 5.88 Å². The number of ether oxygens (including phenoxy) is 1. The van der Waals surface area contributed by atoms with Crippen LogP contribution in [0.4, 0.5) is 5.69 Å². The number of hydrogen-bond acceptors (Lipinski definition) is 4. The van der Waals surface area contributed by atoms with Crippen LogP contribution >= 0.6 is 11.6 Å². The van der Waals surface area contributed by atoms with E-state index in [0.29, 0.717) is 29.0 Å². The van der Waals surface area contributed by atoms with Gasteiger partial charge in [-0.1, -0.05) is 17.7 Å². The zero-order valence-corrected chi connectivity index (χ0v) is 14.4. The van der Waals surface area contributed by atoms with Crippen LogP contribution in [0.2, 0.25) is 5.02 Å². The van der Waals surface area contributed by atoms with E-state index in [1.54, 1.807) is 32.2 Å². The van der Waals surface area contributed by atoms with Crippen LogP contribution in [-0.2, 0) is 0 Å². The van der Waals surface area contributed by atoms with E-state index in [4.69, 9.17) is 16.3 Å². The largest absolute Gasteiger partial charge is 0.477 e. The molecule has 0 spiro atoms. The van der Waals surface area contributed by atoms with Gasteiger partial charge in [0.05, 0.1) is 12.2 Å². The Bertz CT molecular complexity index is 778. The third kappa shape index (κ3) is 3.83. The zero-order chi connectivity index (χ0) is 17.7. The summed E-state index contributed by atoms with van der Waals surface area (Å²) in [4.78, 5) is 28.2. The summed E-state index contributed by atoms with van der Waals surface area (Å²) >= 11 is 6.05. The average Bonchev–Trinajstić information content (AvgIpc) is 2.58. The molecule has 0 fully saturated rings. The second kappa shape index (κ2) is 7.79. The van der Waals surface area contributed by atoms with Gasteiger partial charge in [0.25, 0.3) is 11.8 Å². The minimum Gasteiger partial charge on any atom is -0.477 e. The van der Waals surface area contributed by atoms with Crippen molar-refractivity contribution in [1.82, 2.24) is 10.3 Å². The van der Waals surface area contributed by atoms with Crippen LogP contribution in [-0.4, -0.2) is 30.5 Å². The van der Waals surface area contributed by atoms with E-state index in [-0.39, 0.29) is 22.7 Å². The normalized spacial score (nSPS) is 10.2. The number of carbonyl (C=O) groups excluding carboxylic acids is 2. The number of rotatable bonds is 5. The Balaban J connectivity index is 2.24. The summed E-state index contributed by atoms with van der Waals surface area (Å²) in [5.74, 6) is -0.299. The maximum atomic E-state index is 12.4. The molecule has 0 radical (unpaired) electrons. The van der Waals surface area contributed by atoms with Crippen LogP contribution in [0.5, 0.6) is 5.88 Å². The lowest BCUT2D eigenvalue weighted by molar-refractivity contribution is 0.0960. The van der Waals surface area contributed by atoms with Gasteiger partial charge in [-0.2, -0.15) is 0 Å². The maximum Gasteiger partial charge on any atom is 0.257 e. The Morgan fingerprint density at radius 3 is 2.67 bits per heavy atom. The minimum absolute atomic E-state index is 0.214. The van der Waals surface area contributed by atoms with Gasteiger partial charge < -0.3 is 15.4 Å². The van der Waals surface area contributed by atoms with Crippen molar-refractivity contribution in [3.05, 3.63) is 52.2 Å². The highest BCUT2D eigenvalue weighted by Gasteiger charge is 2.14. The summed E-state index contributed by atoms with van der Waals surface area (Å²) in [5.41, 5.74) is 2.02. The van der Waals surface area contributed by atoms with Crippen LogP contribution < -0.4 is 15.4 Å². The van der Waals surface area contributed by atoms with Crippen molar-refractivity contribution in [2.75, 3.05) is 19.0 Å². The highest BCUT2D eigenvalue weighted by molar-refractivity contribution is 6.32. The van der Waals surface area contributed by atoms with Gasteiger partial charge in [-0.05, 0) is 37.6 Å². The first-order valence-corrected chi connectivity index (χ1v) is 7.77. The lowest BCUT2D eigenvalue weighted by Gasteiger charge is -2.12. The van der Waals surface area contributed by atoms with Crippen LogP contribution in [0.15, 0.2) is 30.5 Å². The van der Waals surface area contributed by atoms with Crippen molar-refractivity contribution < 1.29 is 14.3 Å². The number of amides is 2. The van der Waals surface area contributed by atoms with Gasteiger partial charge in [0.1, 0.15) is 5.02 Å². The molecule has 2 rings (SSSR count). The summed E-state index contributed by atoms with van der Waals surface area (Å²) in [7, 11) is 1.56. The quantitative estimate of drug-likeness (QED) is 0.871. The molecule has 0 unspecified atom stereocenters. The molecule has 1 aromatic carbocycles. The molecule has 1 heterocycles. The van der Waals surface area contributed by atoms with Gasteiger partial charge >= 0.3 is 0 Å². The molecular weight excluding hydrogens is 330 g/mol. The monoisotopic (exact) mass is 347 g/mol. The number of anilines is 1. The first-order chi connectivity index (χ1) is 11.5. The Kier molecular flexibility index (Phi) is 5.76. The van der Waals surface area contributed by atoms with E-state index in [0.717, 1.165) is 0 Å². The standard InChI is InChI=1S/C17H18ClN3O3/c1-4-24-17-13(18)8-11(9-20-17)15(22)21-14-7-5-6-12(10(14)2)16(23)19-3/h5-9H,4H2,1-3H3,(H,19,23)(H,21,22). The van der Waals surface area contributed by atoms with Crippen molar-refractivity contribution in [2.45, 2.75) is 13.8 Å². The topological polar surface area (TPSA) is 80.3 Å². The highest BCUT2D eigenvalue weighted by Crippen LogP contribution is 2.24. The minimum atomic E-state index is -0.371. The fraction of sp³-hybridized carbons (Fsp3) is 0.235. The lowest BCUT2D eigenvalue weighted by atomic mass is 10.1. The van der Waals surface area contributed by atoms with Gasteiger partial charge in [0.15, 0.2) is 0 Å². The first-order valence-electron chi connectivity index (χ1n) is 7.39. The third-order valence-electron chi connectivity index (χ3n) is 3.40. The molecule has 2 aromatic rings. The van der Waals surface area contributed by atoms with E-state index in [1.807, 2.05) is 6.92 Å².